The van der Waals surface area contributed by atoms with E-state index in [4.69, 9.17) is 5.11 Å². The van der Waals surface area contributed by atoms with Crippen LogP contribution >= 0.6 is 0 Å². The van der Waals surface area contributed by atoms with Crippen molar-refractivity contribution in [2.24, 2.45) is 0 Å². The van der Waals surface area contributed by atoms with Gasteiger partial charge < -0.3 is 10.4 Å². The topological polar surface area (TPSA) is 66.4 Å². The van der Waals surface area contributed by atoms with Gasteiger partial charge in [0.25, 0.3) is 0 Å². The summed E-state index contributed by atoms with van der Waals surface area (Å²) < 4.78 is 26.4. The zero-order valence-corrected chi connectivity index (χ0v) is 11.2. The standard InChI is InChI=1S/C14H17F2NO3/c1-2-3-7-11(14(19)20)17-12(18)8-9-5-4-6-10(15)13(9)16/h4-6,11H,2-3,7-8H2,1H3,(H,17,18)(H,19,20)/t11-/m0/s1. The number of nitrogens with one attached hydrogen (secondary N) is 1. The summed E-state index contributed by atoms with van der Waals surface area (Å²) in [6, 6.07) is 2.55. The quantitative estimate of drug-likeness (QED) is 0.807. The average Bonchev–Trinajstić information content (AvgIpc) is 2.39. The van der Waals surface area contributed by atoms with Crippen LogP contribution in [0.1, 0.15) is 31.7 Å². The van der Waals surface area contributed by atoms with Crippen LogP contribution in [0.15, 0.2) is 18.2 Å². The third kappa shape index (κ3) is 4.60. The Balaban J connectivity index is 2.66. The van der Waals surface area contributed by atoms with Gasteiger partial charge in [-0.2, -0.15) is 0 Å². The number of carbonyl (C=O) groups is 2. The molecule has 0 aliphatic heterocycles. The van der Waals surface area contributed by atoms with Crippen molar-refractivity contribution >= 4 is 11.9 Å². The molecule has 1 amide bonds. The molecule has 0 bridgehead atoms. The Morgan fingerprint density at radius 2 is 2.05 bits per heavy atom. The largest absolute Gasteiger partial charge is 0.480 e. The first-order valence-corrected chi connectivity index (χ1v) is 6.40. The number of carboxylic acid groups (broad SMARTS) is 1. The number of hydrogen-bond acceptors (Lipinski definition) is 2. The second kappa shape index (κ2) is 7.57. The van der Waals surface area contributed by atoms with Gasteiger partial charge in [-0.05, 0) is 12.5 Å². The molecule has 0 aromatic heterocycles. The van der Waals surface area contributed by atoms with E-state index in [1.807, 2.05) is 6.92 Å². The molecule has 2 N–H and O–H groups in total. The molecule has 6 heteroatoms. The molecule has 1 aromatic carbocycles. The molecule has 0 aliphatic rings. The molecular weight excluding hydrogens is 268 g/mol. The number of rotatable bonds is 7. The fourth-order valence-corrected chi connectivity index (χ4v) is 1.77. The maximum Gasteiger partial charge on any atom is 0.326 e. The van der Waals surface area contributed by atoms with Crippen molar-refractivity contribution in [1.82, 2.24) is 5.32 Å². The number of amides is 1. The summed E-state index contributed by atoms with van der Waals surface area (Å²) in [6.45, 7) is 1.91. The number of unbranched alkanes of at least 4 members (excludes halogenated alkanes) is 1. The summed E-state index contributed by atoms with van der Waals surface area (Å²) in [5.74, 6) is -3.89. The van der Waals surface area contributed by atoms with Crippen molar-refractivity contribution in [2.75, 3.05) is 0 Å². The van der Waals surface area contributed by atoms with E-state index in [0.717, 1.165) is 12.5 Å². The van der Waals surface area contributed by atoms with E-state index in [0.29, 0.717) is 12.8 Å². The summed E-state index contributed by atoms with van der Waals surface area (Å²) in [5, 5.41) is 11.3. The Bertz CT molecular complexity index is 491. The molecule has 0 heterocycles. The molecule has 0 aliphatic carbocycles. The zero-order chi connectivity index (χ0) is 15.1. The van der Waals surface area contributed by atoms with Crippen LogP contribution in [0.2, 0.25) is 0 Å². The molecule has 0 fully saturated rings. The number of carboxylic acids is 1. The van der Waals surface area contributed by atoms with Crippen LogP contribution in [-0.2, 0) is 16.0 Å². The maximum atomic E-state index is 13.4. The van der Waals surface area contributed by atoms with Crippen LogP contribution in [0, 0.1) is 11.6 Å². The van der Waals surface area contributed by atoms with Crippen molar-refractivity contribution in [3.63, 3.8) is 0 Å². The number of benzene rings is 1. The van der Waals surface area contributed by atoms with Crippen molar-refractivity contribution in [1.29, 1.82) is 0 Å². The van der Waals surface area contributed by atoms with Gasteiger partial charge >= 0.3 is 5.97 Å². The van der Waals surface area contributed by atoms with Crippen LogP contribution in [0.5, 0.6) is 0 Å². The normalized spacial score (nSPS) is 11.9. The van der Waals surface area contributed by atoms with Crippen LogP contribution in [0.25, 0.3) is 0 Å². The molecule has 110 valence electrons. The lowest BCUT2D eigenvalue weighted by atomic mass is 10.1. The van der Waals surface area contributed by atoms with Gasteiger partial charge in [0.05, 0.1) is 6.42 Å². The molecule has 1 rings (SSSR count). The molecule has 0 unspecified atom stereocenters. The predicted octanol–water partition coefficient (Wildman–Crippen LogP) is 2.27. The van der Waals surface area contributed by atoms with E-state index in [1.165, 1.54) is 12.1 Å². The Hall–Kier alpha value is -1.98. The minimum absolute atomic E-state index is 0.0952. The molecular formula is C14H17F2NO3. The van der Waals surface area contributed by atoms with Gasteiger partial charge in [0.2, 0.25) is 5.91 Å². The lowest BCUT2D eigenvalue weighted by Gasteiger charge is -2.14. The highest BCUT2D eigenvalue weighted by Gasteiger charge is 2.20. The van der Waals surface area contributed by atoms with Crippen LogP contribution in [0.4, 0.5) is 8.78 Å². The second-order valence-corrected chi connectivity index (χ2v) is 4.49. The van der Waals surface area contributed by atoms with Crippen molar-refractivity contribution < 1.29 is 23.5 Å². The van der Waals surface area contributed by atoms with E-state index in [2.05, 4.69) is 5.32 Å². The molecule has 4 nitrogen and oxygen atoms in total. The summed E-state index contributed by atoms with van der Waals surface area (Å²) in [7, 11) is 0. The number of hydrogen-bond donors (Lipinski definition) is 2. The molecule has 20 heavy (non-hydrogen) atoms. The second-order valence-electron chi connectivity index (χ2n) is 4.49. The molecule has 0 saturated carbocycles. The zero-order valence-electron chi connectivity index (χ0n) is 11.2. The first kappa shape index (κ1) is 16.1. The van der Waals surface area contributed by atoms with Gasteiger partial charge in [0, 0.05) is 5.56 Å². The lowest BCUT2D eigenvalue weighted by Crippen LogP contribution is -2.41. The Morgan fingerprint density at radius 3 is 2.65 bits per heavy atom. The first-order valence-electron chi connectivity index (χ1n) is 6.40. The fraction of sp³-hybridized carbons (Fsp3) is 0.429. The average molecular weight is 285 g/mol. The number of carbonyl (C=O) groups excluding carboxylic acids is 1. The lowest BCUT2D eigenvalue weighted by molar-refractivity contribution is -0.142. The van der Waals surface area contributed by atoms with E-state index in [-0.39, 0.29) is 12.0 Å². The van der Waals surface area contributed by atoms with E-state index in [1.54, 1.807) is 0 Å². The summed E-state index contributed by atoms with van der Waals surface area (Å²) in [6.07, 6.45) is 1.38. The monoisotopic (exact) mass is 285 g/mol. The van der Waals surface area contributed by atoms with Gasteiger partial charge in [0.1, 0.15) is 6.04 Å². The summed E-state index contributed by atoms with van der Waals surface area (Å²) in [4.78, 5) is 22.7. The van der Waals surface area contributed by atoms with Crippen LogP contribution in [0.3, 0.4) is 0 Å². The Morgan fingerprint density at radius 1 is 1.35 bits per heavy atom. The fourth-order valence-electron chi connectivity index (χ4n) is 1.77. The van der Waals surface area contributed by atoms with Gasteiger partial charge in [0.15, 0.2) is 11.6 Å². The van der Waals surface area contributed by atoms with Gasteiger partial charge in [-0.3, -0.25) is 4.79 Å². The number of aliphatic carboxylic acids is 1. The van der Waals surface area contributed by atoms with Crippen LogP contribution in [-0.4, -0.2) is 23.0 Å². The highest BCUT2D eigenvalue weighted by molar-refractivity contribution is 5.84. The molecule has 0 radical (unpaired) electrons. The van der Waals surface area contributed by atoms with Crippen LogP contribution < -0.4 is 5.32 Å². The SMILES string of the molecule is CCCC[C@H](NC(=O)Cc1cccc(F)c1F)C(=O)O. The Labute approximate surface area is 115 Å². The third-order valence-electron chi connectivity index (χ3n) is 2.86. The molecule has 0 saturated heterocycles. The third-order valence-corrected chi connectivity index (χ3v) is 2.86. The molecule has 1 aromatic rings. The Kier molecular flexibility index (Phi) is 6.09. The first-order chi connectivity index (χ1) is 9.45. The van der Waals surface area contributed by atoms with Gasteiger partial charge in [-0.25, -0.2) is 13.6 Å². The number of halogens is 2. The van der Waals surface area contributed by atoms with Gasteiger partial charge in [-0.15, -0.1) is 0 Å². The van der Waals surface area contributed by atoms with Crippen molar-refractivity contribution in [2.45, 2.75) is 38.6 Å². The van der Waals surface area contributed by atoms with Crippen molar-refractivity contribution in [3.05, 3.63) is 35.4 Å². The molecule has 0 spiro atoms. The highest BCUT2D eigenvalue weighted by atomic mass is 19.2. The van der Waals surface area contributed by atoms with E-state index in [9.17, 15) is 18.4 Å². The van der Waals surface area contributed by atoms with E-state index >= 15 is 0 Å². The van der Waals surface area contributed by atoms with Gasteiger partial charge in [-0.1, -0.05) is 31.9 Å². The smallest absolute Gasteiger partial charge is 0.326 e. The summed E-state index contributed by atoms with van der Waals surface area (Å²) in [5.41, 5.74) is -0.0952. The van der Waals surface area contributed by atoms with E-state index < -0.39 is 29.6 Å². The highest BCUT2D eigenvalue weighted by Crippen LogP contribution is 2.12. The summed E-state index contributed by atoms with van der Waals surface area (Å²) >= 11 is 0. The minimum Gasteiger partial charge on any atom is -0.480 e. The molecule has 1 atom stereocenters. The maximum absolute atomic E-state index is 13.4. The van der Waals surface area contributed by atoms with Crippen molar-refractivity contribution in [3.8, 4) is 0 Å². The predicted molar refractivity (Wildman–Crippen MR) is 69.2 cm³/mol. The minimum atomic E-state index is -1.13.